The van der Waals surface area contributed by atoms with E-state index in [0.717, 1.165) is 6.07 Å². The molecule has 2 rings (SSSR count). The average molecular weight is 378 g/mol. The minimum Gasteiger partial charge on any atom is -0.308 e. The van der Waals surface area contributed by atoms with E-state index >= 15 is 0 Å². The highest BCUT2D eigenvalue weighted by atomic mass is 79.9. The van der Waals surface area contributed by atoms with Gasteiger partial charge in [0.15, 0.2) is 0 Å². The number of hydrogen-bond acceptors (Lipinski definition) is 1. The molecular weight excluding hydrogens is 370 g/mol. The summed E-state index contributed by atoms with van der Waals surface area (Å²) in [6, 6.07) is 8.44. The van der Waals surface area contributed by atoms with Gasteiger partial charge in [-0.15, -0.1) is 0 Å². The first-order valence-electron chi connectivity index (χ1n) is 5.44. The Labute approximate surface area is 133 Å². The molecule has 104 valence electrons. The summed E-state index contributed by atoms with van der Waals surface area (Å²) >= 11 is 14.8. The lowest BCUT2D eigenvalue weighted by atomic mass is 10.3. The number of amides is 2. The maximum absolute atomic E-state index is 13.1. The zero-order valence-corrected chi connectivity index (χ0v) is 13.0. The molecule has 0 aliphatic rings. The second kappa shape index (κ2) is 6.43. The first kappa shape index (κ1) is 15.1. The molecule has 0 unspecified atom stereocenters. The van der Waals surface area contributed by atoms with E-state index in [9.17, 15) is 9.18 Å². The Balaban J connectivity index is 2.10. The van der Waals surface area contributed by atoms with Gasteiger partial charge in [-0.3, -0.25) is 0 Å². The fourth-order valence-corrected chi connectivity index (χ4v) is 2.50. The van der Waals surface area contributed by atoms with Crippen molar-refractivity contribution in [3.8, 4) is 0 Å². The van der Waals surface area contributed by atoms with Crippen LogP contribution in [0.1, 0.15) is 0 Å². The molecule has 2 aromatic carbocycles. The van der Waals surface area contributed by atoms with E-state index < -0.39 is 11.8 Å². The SMILES string of the molecule is O=C(Nc1ccc(Cl)cc1)Nc1c(Cl)cc(F)cc1Br. The van der Waals surface area contributed by atoms with Crippen molar-refractivity contribution in [2.24, 2.45) is 0 Å². The predicted octanol–water partition coefficient (Wildman–Crippen LogP) is 5.54. The number of halogens is 4. The zero-order chi connectivity index (χ0) is 14.7. The summed E-state index contributed by atoms with van der Waals surface area (Å²) in [4.78, 5) is 11.8. The number of anilines is 2. The highest BCUT2D eigenvalue weighted by Crippen LogP contribution is 2.31. The fraction of sp³-hybridized carbons (Fsp3) is 0. The summed E-state index contributed by atoms with van der Waals surface area (Å²) in [6.07, 6.45) is 0. The molecule has 0 bridgehead atoms. The predicted molar refractivity (Wildman–Crippen MR) is 83.2 cm³/mol. The summed E-state index contributed by atoms with van der Waals surface area (Å²) in [5.74, 6) is -0.495. The van der Waals surface area contributed by atoms with E-state index in [1.807, 2.05) is 0 Å². The summed E-state index contributed by atoms with van der Waals surface area (Å²) in [5.41, 5.74) is 0.862. The van der Waals surface area contributed by atoms with Crippen LogP contribution in [0.5, 0.6) is 0 Å². The molecule has 2 N–H and O–H groups in total. The third kappa shape index (κ3) is 3.85. The second-order valence-corrected chi connectivity index (χ2v) is 5.53. The minimum absolute atomic E-state index is 0.100. The van der Waals surface area contributed by atoms with Crippen LogP contribution in [0.4, 0.5) is 20.6 Å². The first-order chi connectivity index (χ1) is 9.45. The topological polar surface area (TPSA) is 41.1 Å². The molecule has 0 spiro atoms. The fourth-order valence-electron chi connectivity index (χ4n) is 1.47. The van der Waals surface area contributed by atoms with Crippen molar-refractivity contribution in [3.05, 3.63) is 56.7 Å². The third-order valence-corrected chi connectivity index (χ3v) is 3.52. The van der Waals surface area contributed by atoms with Crippen LogP contribution in [0.3, 0.4) is 0 Å². The molecule has 20 heavy (non-hydrogen) atoms. The second-order valence-electron chi connectivity index (χ2n) is 3.83. The van der Waals surface area contributed by atoms with Crippen LogP contribution in [0.2, 0.25) is 10.0 Å². The molecule has 0 radical (unpaired) electrons. The van der Waals surface area contributed by atoms with Gasteiger partial charge in [0.05, 0.1) is 10.7 Å². The summed E-state index contributed by atoms with van der Waals surface area (Å²) in [6.45, 7) is 0. The van der Waals surface area contributed by atoms with Crippen molar-refractivity contribution < 1.29 is 9.18 Å². The van der Waals surface area contributed by atoms with E-state index in [-0.39, 0.29) is 5.02 Å². The first-order valence-corrected chi connectivity index (χ1v) is 6.99. The van der Waals surface area contributed by atoms with E-state index in [1.165, 1.54) is 6.07 Å². The maximum Gasteiger partial charge on any atom is 0.323 e. The summed E-state index contributed by atoms with van der Waals surface area (Å²) in [5, 5.41) is 5.81. The van der Waals surface area contributed by atoms with E-state index in [4.69, 9.17) is 23.2 Å². The molecule has 0 aliphatic carbocycles. The van der Waals surface area contributed by atoms with Gasteiger partial charge >= 0.3 is 6.03 Å². The largest absolute Gasteiger partial charge is 0.323 e. The monoisotopic (exact) mass is 376 g/mol. The number of hydrogen-bond donors (Lipinski definition) is 2. The van der Waals surface area contributed by atoms with Crippen LogP contribution in [-0.2, 0) is 0 Å². The van der Waals surface area contributed by atoms with Gasteiger partial charge in [-0.25, -0.2) is 9.18 Å². The number of benzene rings is 2. The Morgan fingerprint density at radius 3 is 2.35 bits per heavy atom. The van der Waals surface area contributed by atoms with Gasteiger partial charge < -0.3 is 10.6 Å². The molecule has 3 nitrogen and oxygen atoms in total. The van der Waals surface area contributed by atoms with Crippen molar-refractivity contribution in [1.82, 2.24) is 0 Å². The Hall–Kier alpha value is -1.30. The average Bonchev–Trinajstić information content (AvgIpc) is 2.36. The van der Waals surface area contributed by atoms with E-state index in [1.54, 1.807) is 24.3 Å². The normalized spacial score (nSPS) is 10.2. The van der Waals surface area contributed by atoms with Gasteiger partial charge in [0.25, 0.3) is 0 Å². The third-order valence-electron chi connectivity index (χ3n) is 2.35. The highest BCUT2D eigenvalue weighted by molar-refractivity contribution is 9.10. The Bertz CT molecular complexity index is 626. The van der Waals surface area contributed by atoms with Crippen molar-refractivity contribution in [2.75, 3.05) is 10.6 Å². The maximum atomic E-state index is 13.1. The molecule has 0 heterocycles. The van der Waals surface area contributed by atoms with Crippen molar-refractivity contribution in [2.45, 2.75) is 0 Å². The summed E-state index contributed by atoms with van der Waals surface area (Å²) < 4.78 is 13.4. The van der Waals surface area contributed by atoms with Gasteiger partial charge in [-0.1, -0.05) is 23.2 Å². The van der Waals surface area contributed by atoms with Crippen molar-refractivity contribution in [1.29, 1.82) is 0 Å². The molecule has 2 amide bonds. The molecule has 0 saturated heterocycles. The molecule has 0 saturated carbocycles. The van der Waals surface area contributed by atoms with Crippen LogP contribution in [0.25, 0.3) is 0 Å². The number of rotatable bonds is 2. The van der Waals surface area contributed by atoms with Gasteiger partial charge in [-0.2, -0.15) is 0 Å². The van der Waals surface area contributed by atoms with Gasteiger partial charge in [0.1, 0.15) is 5.82 Å². The standard InChI is InChI=1S/C13H8BrCl2FN2O/c14-10-5-8(17)6-11(16)12(10)19-13(20)18-9-3-1-7(15)2-4-9/h1-6H,(H2,18,19,20). The molecular formula is C13H8BrCl2FN2O. The zero-order valence-electron chi connectivity index (χ0n) is 9.88. The van der Waals surface area contributed by atoms with E-state index in [2.05, 4.69) is 26.6 Å². The lowest BCUT2D eigenvalue weighted by molar-refractivity contribution is 0.262. The Morgan fingerprint density at radius 1 is 1.10 bits per heavy atom. The Morgan fingerprint density at radius 2 is 1.75 bits per heavy atom. The van der Waals surface area contributed by atoms with Crippen LogP contribution < -0.4 is 10.6 Å². The van der Waals surface area contributed by atoms with Gasteiger partial charge in [-0.05, 0) is 52.3 Å². The van der Waals surface area contributed by atoms with Crippen LogP contribution in [-0.4, -0.2) is 6.03 Å². The molecule has 2 aromatic rings. The van der Waals surface area contributed by atoms with Crippen LogP contribution in [0.15, 0.2) is 40.9 Å². The lowest BCUT2D eigenvalue weighted by Crippen LogP contribution is -2.19. The van der Waals surface area contributed by atoms with E-state index in [0.29, 0.717) is 20.9 Å². The number of urea groups is 1. The molecule has 7 heteroatoms. The Kier molecular flexibility index (Phi) is 4.86. The number of nitrogens with one attached hydrogen (secondary N) is 2. The molecule has 0 atom stereocenters. The smallest absolute Gasteiger partial charge is 0.308 e. The quantitative estimate of drug-likeness (QED) is 0.708. The molecule has 0 fully saturated rings. The van der Waals surface area contributed by atoms with Crippen molar-refractivity contribution in [3.63, 3.8) is 0 Å². The summed E-state index contributed by atoms with van der Waals surface area (Å²) in [7, 11) is 0. The number of carbonyl (C=O) groups excluding carboxylic acids is 1. The van der Waals surface area contributed by atoms with Gasteiger partial charge in [0.2, 0.25) is 0 Å². The van der Waals surface area contributed by atoms with Crippen LogP contribution >= 0.6 is 39.1 Å². The van der Waals surface area contributed by atoms with Crippen molar-refractivity contribution >= 4 is 56.5 Å². The molecule has 0 aliphatic heterocycles. The molecule has 0 aromatic heterocycles. The van der Waals surface area contributed by atoms with Gasteiger partial charge in [0, 0.05) is 15.2 Å². The van der Waals surface area contributed by atoms with Crippen LogP contribution in [0, 0.1) is 5.82 Å². The minimum atomic E-state index is -0.499. The highest BCUT2D eigenvalue weighted by Gasteiger charge is 2.11. The number of carbonyl (C=O) groups is 1. The lowest BCUT2D eigenvalue weighted by Gasteiger charge is -2.11.